The molecule has 136 valence electrons. The number of fused-ring (bicyclic) bond motifs is 3. The molecular formula is C20H17N3O4. The van der Waals surface area contributed by atoms with E-state index in [2.05, 4.69) is 15.5 Å². The highest BCUT2D eigenvalue weighted by atomic mass is 16.5. The molecule has 4 rings (SSSR count). The van der Waals surface area contributed by atoms with Gasteiger partial charge in [0.2, 0.25) is 0 Å². The fourth-order valence-corrected chi connectivity index (χ4v) is 3.01. The predicted octanol–water partition coefficient (Wildman–Crippen LogP) is 4.00. The van der Waals surface area contributed by atoms with E-state index in [1.54, 1.807) is 19.2 Å². The van der Waals surface area contributed by atoms with E-state index >= 15 is 0 Å². The number of pyridine rings is 1. The topological polar surface area (TPSA) is 97.5 Å². The third-order valence-electron chi connectivity index (χ3n) is 4.44. The minimum absolute atomic E-state index is 0.179. The van der Waals surface area contributed by atoms with Gasteiger partial charge in [-0.2, -0.15) is 0 Å². The summed E-state index contributed by atoms with van der Waals surface area (Å²) >= 11 is 0. The van der Waals surface area contributed by atoms with E-state index in [-0.39, 0.29) is 5.56 Å². The van der Waals surface area contributed by atoms with Crippen molar-refractivity contribution in [1.29, 1.82) is 0 Å². The lowest BCUT2D eigenvalue weighted by Gasteiger charge is -2.10. The quantitative estimate of drug-likeness (QED) is 0.553. The third kappa shape index (κ3) is 3.03. The first-order chi connectivity index (χ1) is 13.1. The number of benzene rings is 2. The summed E-state index contributed by atoms with van der Waals surface area (Å²) in [6.45, 7) is 2.40. The van der Waals surface area contributed by atoms with Crippen molar-refractivity contribution in [2.45, 2.75) is 13.5 Å². The molecule has 7 heteroatoms. The summed E-state index contributed by atoms with van der Waals surface area (Å²) in [4.78, 5) is 15.9. The van der Waals surface area contributed by atoms with E-state index in [9.17, 15) is 9.90 Å². The average molecular weight is 363 g/mol. The van der Waals surface area contributed by atoms with Crippen molar-refractivity contribution in [2.24, 2.45) is 0 Å². The van der Waals surface area contributed by atoms with E-state index in [0.717, 1.165) is 16.7 Å². The molecule has 0 amide bonds. The lowest BCUT2D eigenvalue weighted by molar-refractivity contribution is 0.0697. The second-order valence-electron chi connectivity index (χ2n) is 6.17. The van der Waals surface area contributed by atoms with Crippen LogP contribution in [-0.2, 0) is 6.54 Å². The Labute approximate surface area is 154 Å². The molecule has 2 heterocycles. The Morgan fingerprint density at radius 1 is 1.22 bits per heavy atom. The van der Waals surface area contributed by atoms with Gasteiger partial charge in [-0.15, -0.1) is 0 Å². The minimum Gasteiger partial charge on any atom is -0.497 e. The van der Waals surface area contributed by atoms with E-state index in [1.165, 1.54) is 6.07 Å². The van der Waals surface area contributed by atoms with Crippen LogP contribution in [0, 0.1) is 6.92 Å². The molecule has 27 heavy (non-hydrogen) atoms. The summed E-state index contributed by atoms with van der Waals surface area (Å²) < 4.78 is 10.7. The number of anilines is 1. The van der Waals surface area contributed by atoms with Crippen LogP contribution in [-0.4, -0.2) is 28.3 Å². The number of carbonyl (C=O) groups is 1. The Morgan fingerprint density at radius 2 is 2.00 bits per heavy atom. The highest BCUT2D eigenvalue weighted by molar-refractivity contribution is 6.09. The van der Waals surface area contributed by atoms with Crippen LogP contribution in [0.2, 0.25) is 0 Å². The van der Waals surface area contributed by atoms with Crippen LogP contribution in [0.4, 0.5) is 5.82 Å². The molecule has 0 spiro atoms. The molecule has 2 aromatic heterocycles. The standard InChI is InChI=1S/C20H17N3O4/c1-11-17-18(27-23-11)15-9-13(20(24)25)5-8-16(15)22-19(17)21-10-12-3-6-14(26-2)7-4-12/h3-9H,10H2,1-2H3,(H,21,22)(H,24,25). The monoisotopic (exact) mass is 363 g/mol. The van der Waals surface area contributed by atoms with Crippen molar-refractivity contribution >= 4 is 33.7 Å². The van der Waals surface area contributed by atoms with Crippen molar-refractivity contribution < 1.29 is 19.2 Å². The fourth-order valence-electron chi connectivity index (χ4n) is 3.01. The fraction of sp³-hybridized carbons (Fsp3) is 0.150. The molecule has 0 aliphatic rings. The van der Waals surface area contributed by atoms with Crippen molar-refractivity contribution in [3.8, 4) is 5.75 Å². The normalized spacial score (nSPS) is 11.0. The van der Waals surface area contributed by atoms with Gasteiger partial charge in [0, 0.05) is 11.9 Å². The number of nitrogens with one attached hydrogen (secondary N) is 1. The number of hydrogen-bond donors (Lipinski definition) is 2. The number of nitrogens with zero attached hydrogens (tertiary/aromatic N) is 2. The highest BCUT2D eigenvalue weighted by Crippen LogP contribution is 2.32. The highest BCUT2D eigenvalue weighted by Gasteiger charge is 2.17. The van der Waals surface area contributed by atoms with Gasteiger partial charge in [-0.1, -0.05) is 17.3 Å². The largest absolute Gasteiger partial charge is 0.497 e. The molecule has 0 fully saturated rings. The molecule has 0 aliphatic carbocycles. The Kier molecular flexibility index (Phi) is 4.12. The van der Waals surface area contributed by atoms with Crippen molar-refractivity contribution in [1.82, 2.24) is 10.1 Å². The molecule has 0 bridgehead atoms. The number of aryl methyl sites for hydroxylation is 1. The number of carboxylic acid groups (broad SMARTS) is 1. The lowest BCUT2D eigenvalue weighted by Crippen LogP contribution is -2.03. The van der Waals surface area contributed by atoms with Crippen LogP contribution in [0.1, 0.15) is 21.6 Å². The van der Waals surface area contributed by atoms with E-state index in [1.807, 2.05) is 31.2 Å². The number of carboxylic acids is 1. The second kappa shape index (κ2) is 6.60. The van der Waals surface area contributed by atoms with Gasteiger partial charge in [0.1, 0.15) is 11.6 Å². The van der Waals surface area contributed by atoms with Crippen molar-refractivity contribution in [3.63, 3.8) is 0 Å². The van der Waals surface area contributed by atoms with Crippen molar-refractivity contribution in [3.05, 3.63) is 59.3 Å². The second-order valence-corrected chi connectivity index (χ2v) is 6.17. The summed E-state index contributed by atoms with van der Waals surface area (Å²) in [5, 5.41) is 18.0. The molecule has 0 saturated heterocycles. The smallest absolute Gasteiger partial charge is 0.335 e. The molecular weight excluding hydrogens is 346 g/mol. The summed E-state index contributed by atoms with van der Waals surface area (Å²) in [5.74, 6) is 0.451. The summed E-state index contributed by atoms with van der Waals surface area (Å²) in [6.07, 6.45) is 0. The number of rotatable bonds is 5. The van der Waals surface area contributed by atoms with Crippen LogP contribution in [0.15, 0.2) is 47.0 Å². The van der Waals surface area contributed by atoms with Gasteiger partial charge in [-0.25, -0.2) is 9.78 Å². The van der Waals surface area contributed by atoms with Crippen molar-refractivity contribution in [2.75, 3.05) is 12.4 Å². The molecule has 0 atom stereocenters. The van der Waals surface area contributed by atoms with Crippen LogP contribution in [0.25, 0.3) is 21.9 Å². The first-order valence-corrected chi connectivity index (χ1v) is 8.36. The molecule has 0 radical (unpaired) electrons. The summed E-state index contributed by atoms with van der Waals surface area (Å²) in [5.41, 5.74) is 3.11. The van der Waals surface area contributed by atoms with Gasteiger partial charge in [0.15, 0.2) is 5.58 Å². The number of methoxy groups -OCH3 is 1. The molecule has 0 aliphatic heterocycles. The zero-order valence-corrected chi connectivity index (χ0v) is 14.8. The molecule has 4 aromatic rings. The van der Waals surface area contributed by atoms with Gasteiger partial charge in [0.05, 0.1) is 29.3 Å². The zero-order chi connectivity index (χ0) is 19.0. The molecule has 2 N–H and O–H groups in total. The lowest BCUT2D eigenvalue weighted by atomic mass is 10.1. The van der Waals surface area contributed by atoms with Crippen LogP contribution in [0.5, 0.6) is 5.75 Å². The maximum Gasteiger partial charge on any atom is 0.335 e. The molecule has 0 unspecified atom stereocenters. The third-order valence-corrected chi connectivity index (χ3v) is 4.44. The molecule has 0 saturated carbocycles. The number of aromatic carboxylic acids is 1. The Morgan fingerprint density at radius 3 is 2.70 bits per heavy atom. The minimum atomic E-state index is -0.997. The van der Waals surface area contributed by atoms with Gasteiger partial charge in [-0.05, 0) is 42.8 Å². The van der Waals surface area contributed by atoms with Crippen LogP contribution in [0.3, 0.4) is 0 Å². The first kappa shape index (κ1) is 16.8. The average Bonchev–Trinajstić information content (AvgIpc) is 3.08. The van der Waals surface area contributed by atoms with E-state index in [0.29, 0.717) is 34.5 Å². The molecule has 2 aromatic carbocycles. The summed E-state index contributed by atoms with van der Waals surface area (Å²) in [7, 11) is 1.63. The predicted molar refractivity (Wildman–Crippen MR) is 101 cm³/mol. The van der Waals surface area contributed by atoms with Crippen LogP contribution >= 0.6 is 0 Å². The van der Waals surface area contributed by atoms with Crippen LogP contribution < -0.4 is 10.1 Å². The van der Waals surface area contributed by atoms with E-state index < -0.39 is 5.97 Å². The Bertz CT molecular complexity index is 1150. The maximum absolute atomic E-state index is 11.3. The zero-order valence-electron chi connectivity index (χ0n) is 14.8. The Hall–Kier alpha value is -3.61. The Balaban J connectivity index is 1.75. The van der Waals surface area contributed by atoms with Gasteiger partial charge < -0.3 is 19.7 Å². The maximum atomic E-state index is 11.3. The van der Waals surface area contributed by atoms with E-state index in [4.69, 9.17) is 9.26 Å². The number of hydrogen-bond acceptors (Lipinski definition) is 6. The summed E-state index contributed by atoms with van der Waals surface area (Å²) in [6, 6.07) is 12.5. The first-order valence-electron chi connectivity index (χ1n) is 8.36. The SMILES string of the molecule is COc1ccc(CNc2nc3ccc(C(=O)O)cc3c3onc(C)c23)cc1. The molecule has 7 nitrogen and oxygen atoms in total. The number of ether oxygens (including phenoxy) is 1. The van der Waals surface area contributed by atoms with Gasteiger partial charge >= 0.3 is 5.97 Å². The number of aromatic nitrogens is 2. The van der Waals surface area contributed by atoms with Gasteiger partial charge in [0.25, 0.3) is 0 Å². The van der Waals surface area contributed by atoms with Gasteiger partial charge in [-0.3, -0.25) is 0 Å².